The molecule has 1 aliphatic heterocycles. The van der Waals surface area contributed by atoms with Gasteiger partial charge >= 0.3 is 0 Å². The average molecular weight is 303 g/mol. The van der Waals surface area contributed by atoms with Gasteiger partial charge in [0.15, 0.2) is 0 Å². The third-order valence-corrected chi connectivity index (χ3v) is 5.95. The van der Waals surface area contributed by atoms with Gasteiger partial charge in [0, 0.05) is 16.4 Å². The molecule has 114 valence electrons. The Labute approximate surface area is 132 Å². The van der Waals surface area contributed by atoms with E-state index in [1.807, 2.05) is 11.8 Å². The summed E-state index contributed by atoms with van der Waals surface area (Å²) < 4.78 is 5.52. The zero-order valence-electron chi connectivity index (χ0n) is 13.3. The summed E-state index contributed by atoms with van der Waals surface area (Å²) in [5.41, 5.74) is 1.67. The Morgan fingerprint density at radius 2 is 2.29 bits per heavy atom. The van der Waals surface area contributed by atoms with Crippen molar-refractivity contribution in [1.82, 2.24) is 4.90 Å². The van der Waals surface area contributed by atoms with E-state index in [1.54, 1.807) is 7.11 Å². The fraction of sp³-hybridized carbons (Fsp3) is 0.556. The van der Waals surface area contributed by atoms with E-state index in [1.165, 1.54) is 36.3 Å². The third kappa shape index (κ3) is 2.51. The van der Waals surface area contributed by atoms with Crippen LogP contribution < -0.4 is 4.74 Å². The molecule has 0 saturated carbocycles. The zero-order valence-corrected chi connectivity index (χ0v) is 14.1. The van der Waals surface area contributed by atoms with Gasteiger partial charge in [0.1, 0.15) is 5.75 Å². The minimum atomic E-state index is 0.211. The number of ether oxygens (including phenoxy) is 1. The van der Waals surface area contributed by atoms with Gasteiger partial charge < -0.3 is 9.64 Å². The van der Waals surface area contributed by atoms with E-state index in [4.69, 9.17) is 4.74 Å². The number of methoxy groups -OCH3 is 1. The molecule has 3 heteroatoms. The van der Waals surface area contributed by atoms with E-state index >= 15 is 0 Å². The van der Waals surface area contributed by atoms with Crippen LogP contribution in [-0.2, 0) is 5.41 Å². The molecule has 1 aromatic carbocycles. The number of nitrogens with zero attached hydrogens (tertiary/aromatic N) is 1. The summed E-state index contributed by atoms with van der Waals surface area (Å²) >= 11 is 1.87. The highest BCUT2D eigenvalue weighted by atomic mass is 32.2. The molecule has 1 saturated heterocycles. The van der Waals surface area contributed by atoms with Crippen molar-refractivity contribution < 1.29 is 4.74 Å². The molecular formula is C18H25NOS. The topological polar surface area (TPSA) is 12.5 Å². The molecule has 3 rings (SSSR count). The maximum Gasteiger partial charge on any atom is 0.132 e. The third-order valence-electron chi connectivity index (χ3n) is 5.03. The Balaban J connectivity index is 2.04. The van der Waals surface area contributed by atoms with Crippen molar-refractivity contribution in [3.8, 4) is 5.75 Å². The van der Waals surface area contributed by atoms with Crippen molar-refractivity contribution in [3.05, 3.63) is 35.9 Å². The summed E-state index contributed by atoms with van der Waals surface area (Å²) in [4.78, 5) is 3.82. The van der Waals surface area contributed by atoms with Gasteiger partial charge in [-0.3, -0.25) is 0 Å². The van der Waals surface area contributed by atoms with E-state index in [0.717, 1.165) is 11.5 Å². The van der Waals surface area contributed by atoms with E-state index in [9.17, 15) is 0 Å². The van der Waals surface area contributed by atoms with Crippen LogP contribution >= 0.6 is 11.8 Å². The number of benzene rings is 1. The largest absolute Gasteiger partial charge is 0.496 e. The zero-order chi connectivity index (χ0) is 14.9. The van der Waals surface area contributed by atoms with Gasteiger partial charge in [0.2, 0.25) is 0 Å². The Hall–Kier alpha value is -0.930. The Morgan fingerprint density at radius 3 is 3.05 bits per heavy atom. The number of rotatable bonds is 4. The van der Waals surface area contributed by atoms with Crippen LogP contribution in [0.1, 0.15) is 31.7 Å². The molecule has 0 radical (unpaired) electrons. The first kappa shape index (κ1) is 15.0. The van der Waals surface area contributed by atoms with Crippen molar-refractivity contribution >= 4 is 11.8 Å². The number of thioether (sulfide) groups is 1. The van der Waals surface area contributed by atoms with E-state index in [2.05, 4.69) is 49.2 Å². The van der Waals surface area contributed by atoms with Gasteiger partial charge in [-0.1, -0.05) is 25.1 Å². The van der Waals surface area contributed by atoms with Gasteiger partial charge in [0.05, 0.1) is 7.11 Å². The highest BCUT2D eigenvalue weighted by molar-refractivity contribution is 7.99. The van der Waals surface area contributed by atoms with Crippen molar-refractivity contribution in [2.45, 2.75) is 42.5 Å². The van der Waals surface area contributed by atoms with Gasteiger partial charge in [-0.05, 0) is 56.3 Å². The number of likely N-dealkylation sites (N-methyl/N-ethyl adjacent to an activating group) is 1. The maximum absolute atomic E-state index is 5.52. The summed E-state index contributed by atoms with van der Waals surface area (Å²) in [6.07, 6.45) is 8.57. The molecule has 0 aromatic heterocycles. The molecule has 2 nitrogen and oxygen atoms in total. The van der Waals surface area contributed by atoms with Gasteiger partial charge in [0.25, 0.3) is 0 Å². The van der Waals surface area contributed by atoms with Gasteiger partial charge in [-0.2, -0.15) is 0 Å². The second kappa shape index (κ2) is 6.05. The lowest BCUT2D eigenvalue weighted by Crippen LogP contribution is -2.41. The highest BCUT2D eigenvalue weighted by Crippen LogP contribution is 2.46. The molecule has 21 heavy (non-hydrogen) atoms. The molecule has 2 aliphatic rings. The summed E-state index contributed by atoms with van der Waals surface area (Å²) in [6.45, 7) is 3.39. The second-order valence-electron chi connectivity index (χ2n) is 6.07. The fourth-order valence-corrected chi connectivity index (χ4v) is 4.78. The predicted molar refractivity (Wildman–Crippen MR) is 90.5 cm³/mol. The van der Waals surface area contributed by atoms with E-state index < -0.39 is 0 Å². The van der Waals surface area contributed by atoms with Crippen LogP contribution in [0.3, 0.4) is 0 Å². The average Bonchev–Trinajstić information content (AvgIpc) is 2.86. The molecule has 1 aromatic rings. The normalized spacial score (nSPS) is 28.6. The molecule has 0 bridgehead atoms. The van der Waals surface area contributed by atoms with Crippen molar-refractivity contribution in [1.29, 1.82) is 0 Å². The number of hydrogen-bond acceptors (Lipinski definition) is 3. The fourth-order valence-electron chi connectivity index (χ4n) is 3.96. The minimum Gasteiger partial charge on any atom is -0.496 e. The lowest BCUT2D eigenvalue weighted by Gasteiger charge is -2.38. The summed E-state index contributed by atoms with van der Waals surface area (Å²) in [5.74, 6) is 2.08. The van der Waals surface area contributed by atoms with Crippen molar-refractivity contribution in [2.24, 2.45) is 0 Å². The monoisotopic (exact) mass is 303 g/mol. The van der Waals surface area contributed by atoms with Crippen LogP contribution in [0.5, 0.6) is 5.75 Å². The smallest absolute Gasteiger partial charge is 0.132 e. The molecule has 0 amide bonds. The standard InChI is InChI=1S/C18H25NOS/c1-4-21-16-13-14(8-9-15(16)20-3)18-10-6-5-7-17(18)19(2)12-11-18/h6,8-10,13,17H,4-5,7,11-12H2,1-3H3/t17-,18-/m0/s1. The molecule has 1 heterocycles. The number of hydrogen-bond donors (Lipinski definition) is 0. The first-order valence-corrected chi connectivity index (χ1v) is 8.89. The maximum atomic E-state index is 5.52. The van der Waals surface area contributed by atoms with Crippen LogP contribution in [0.15, 0.2) is 35.2 Å². The number of likely N-dealkylation sites (tertiary alicyclic amines) is 1. The lowest BCUT2D eigenvalue weighted by atomic mass is 9.70. The second-order valence-corrected chi connectivity index (χ2v) is 7.37. The first-order valence-electron chi connectivity index (χ1n) is 7.90. The molecular weight excluding hydrogens is 278 g/mol. The molecule has 1 fully saturated rings. The molecule has 0 N–H and O–H groups in total. The quantitative estimate of drug-likeness (QED) is 0.614. The molecule has 0 unspecified atom stereocenters. The van der Waals surface area contributed by atoms with Crippen LogP contribution in [0.4, 0.5) is 0 Å². The summed E-state index contributed by atoms with van der Waals surface area (Å²) in [7, 11) is 4.04. The highest BCUT2D eigenvalue weighted by Gasteiger charge is 2.46. The van der Waals surface area contributed by atoms with Crippen LogP contribution in [0.2, 0.25) is 0 Å². The summed E-state index contributed by atoms with van der Waals surface area (Å²) in [6, 6.07) is 7.45. The van der Waals surface area contributed by atoms with Crippen molar-refractivity contribution in [3.63, 3.8) is 0 Å². The number of fused-ring (bicyclic) bond motifs is 1. The van der Waals surface area contributed by atoms with E-state index in [0.29, 0.717) is 6.04 Å². The number of allylic oxidation sites excluding steroid dienone is 1. The van der Waals surface area contributed by atoms with Crippen LogP contribution in [0.25, 0.3) is 0 Å². The van der Waals surface area contributed by atoms with Gasteiger partial charge in [-0.25, -0.2) is 0 Å². The van der Waals surface area contributed by atoms with Gasteiger partial charge in [-0.15, -0.1) is 11.8 Å². The summed E-state index contributed by atoms with van der Waals surface area (Å²) in [5, 5.41) is 0. The molecule has 1 aliphatic carbocycles. The Kier molecular flexibility index (Phi) is 4.32. The minimum absolute atomic E-state index is 0.211. The van der Waals surface area contributed by atoms with Crippen LogP contribution in [-0.4, -0.2) is 37.4 Å². The molecule has 0 spiro atoms. The first-order chi connectivity index (χ1) is 10.2. The predicted octanol–water partition coefficient (Wildman–Crippen LogP) is 4.10. The van der Waals surface area contributed by atoms with Crippen LogP contribution in [0, 0.1) is 0 Å². The Morgan fingerprint density at radius 1 is 1.43 bits per heavy atom. The SMILES string of the molecule is CCSc1cc([C@@]23C=CCC[C@@H]2N(C)CC3)ccc1OC. The van der Waals surface area contributed by atoms with E-state index in [-0.39, 0.29) is 5.41 Å². The van der Waals surface area contributed by atoms with Crippen molar-refractivity contribution in [2.75, 3.05) is 26.5 Å². The Bertz CT molecular complexity index is 542. The molecule has 2 atom stereocenters. The lowest BCUT2D eigenvalue weighted by molar-refractivity contribution is 0.249.